The Balaban J connectivity index is 1.78. The lowest BCUT2D eigenvalue weighted by Crippen LogP contribution is -2.40. The van der Waals surface area contributed by atoms with E-state index >= 15 is 0 Å². The average molecular weight is 361 g/mol. The third kappa shape index (κ3) is 3.69. The normalized spacial score (nSPS) is 13.9. The highest BCUT2D eigenvalue weighted by Gasteiger charge is 2.22. The van der Waals surface area contributed by atoms with Crippen LogP contribution in [0.3, 0.4) is 0 Å². The summed E-state index contributed by atoms with van der Waals surface area (Å²) in [7, 11) is 0. The summed E-state index contributed by atoms with van der Waals surface area (Å²) < 4.78 is 2.60. The number of nitro groups is 1. The van der Waals surface area contributed by atoms with E-state index in [0.29, 0.717) is 22.9 Å². The number of nitrogens with zero attached hydrogens (tertiary/aromatic N) is 4. The Morgan fingerprint density at radius 2 is 2.04 bits per heavy atom. The quantitative estimate of drug-likeness (QED) is 0.414. The second-order valence-corrected chi connectivity index (χ2v) is 6.55. The molecule has 1 aliphatic heterocycles. The molecule has 3 N–H and O–H groups in total. The van der Waals surface area contributed by atoms with Gasteiger partial charge in [-0.15, -0.1) is 10.6 Å². The molecule has 0 bridgehead atoms. The number of non-ortho nitro benzene ring substituents is 1. The Labute approximate surface area is 149 Å². The van der Waals surface area contributed by atoms with Crippen LogP contribution in [0.4, 0.5) is 5.69 Å². The van der Waals surface area contributed by atoms with Crippen LogP contribution in [0.25, 0.3) is 0 Å². The molecule has 1 aromatic carbocycles. The molecule has 0 saturated carbocycles. The maximum atomic E-state index is 10.7. The fourth-order valence-corrected chi connectivity index (χ4v) is 2.82. The van der Waals surface area contributed by atoms with Crippen LogP contribution >= 0.6 is 12.2 Å². The molecule has 0 aliphatic carbocycles. The van der Waals surface area contributed by atoms with Crippen LogP contribution in [0.2, 0.25) is 0 Å². The zero-order valence-electron chi connectivity index (χ0n) is 13.9. The Morgan fingerprint density at radius 3 is 2.68 bits per heavy atom. The van der Waals surface area contributed by atoms with E-state index in [1.54, 1.807) is 17.1 Å². The number of hydrazone groups is 1. The summed E-state index contributed by atoms with van der Waals surface area (Å²) in [6, 6.07) is 6.42. The van der Waals surface area contributed by atoms with Crippen LogP contribution in [0, 0.1) is 20.7 Å². The van der Waals surface area contributed by atoms with Crippen LogP contribution in [0.15, 0.2) is 35.6 Å². The minimum Gasteiger partial charge on any atom is -0.304 e. The standard InChI is InChI=1S/C15H19N7O2S/c1-10(2)8-21-15(25)13(7-16-21)14-17-18-19-20(14)9-11-3-5-12(6-4-11)22(23)24/h3-7,10,16,18-19H,8-9H2,1-2H3. The highest BCUT2D eigenvalue weighted by atomic mass is 32.1. The van der Waals surface area contributed by atoms with Crippen LogP contribution < -0.4 is 11.1 Å². The summed E-state index contributed by atoms with van der Waals surface area (Å²) in [4.78, 5) is 10.3. The molecule has 3 rings (SSSR count). The first-order valence-electron chi connectivity index (χ1n) is 7.83. The van der Waals surface area contributed by atoms with Crippen molar-refractivity contribution in [1.82, 2.24) is 25.9 Å². The van der Waals surface area contributed by atoms with Gasteiger partial charge in [0.25, 0.3) is 5.69 Å². The van der Waals surface area contributed by atoms with Gasteiger partial charge in [-0.2, -0.15) is 0 Å². The molecule has 132 valence electrons. The lowest BCUT2D eigenvalue weighted by molar-refractivity contribution is -0.384. The van der Waals surface area contributed by atoms with E-state index in [1.807, 2.05) is 10.9 Å². The summed E-state index contributed by atoms with van der Waals surface area (Å²) in [5.74, 6) is 1.14. The van der Waals surface area contributed by atoms with Crippen molar-refractivity contribution in [3.63, 3.8) is 0 Å². The summed E-state index contributed by atoms with van der Waals surface area (Å²) in [5, 5.41) is 20.0. The van der Waals surface area contributed by atoms with Crippen LogP contribution in [-0.2, 0) is 13.1 Å². The molecule has 9 nitrogen and oxygen atoms in total. The van der Waals surface area contributed by atoms with Gasteiger partial charge in [-0.25, -0.2) is 5.53 Å². The number of hydrogen-bond acceptors (Lipinski definition) is 7. The predicted molar refractivity (Wildman–Crippen MR) is 95.9 cm³/mol. The SMILES string of the molecule is CC(C)Cn1[nH]cc(C2=NNNN2Cc2ccc([N+](=O)[O-])cc2)c1=S. The van der Waals surface area contributed by atoms with Gasteiger partial charge in [0.05, 0.1) is 17.0 Å². The lowest BCUT2D eigenvalue weighted by Gasteiger charge is -2.18. The number of rotatable bonds is 6. The first kappa shape index (κ1) is 17.1. The molecule has 25 heavy (non-hydrogen) atoms. The van der Waals surface area contributed by atoms with Gasteiger partial charge in [-0.1, -0.05) is 38.2 Å². The average Bonchev–Trinajstić information content (AvgIpc) is 3.15. The van der Waals surface area contributed by atoms with Gasteiger partial charge in [0.2, 0.25) is 0 Å². The first-order chi connectivity index (χ1) is 12.0. The third-order valence-corrected chi connectivity index (χ3v) is 4.16. The molecule has 0 unspecified atom stereocenters. The summed E-state index contributed by atoms with van der Waals surface area (Å²) in [5.41, 5.74) is 7.47. The summed E-state index contributed by atoms with van der Waals surface area (Å²) >= 11 is 5.54. The van der Waals surface area contributed by atoms with E-state index in [4.69, 9.17) is 12.2 Å². The third-order valence-electron chi connectivity index (χ3n) is 3.72. The molecule has 1 aliphatic rings. The van der Waals surface area contributed by atoms with E-state index in [2.05, 4.69) is 35.1 Å². The molecular weight excluding hydrogens is 342 g/mol. The minimum atomic E-state index is -0.414. The zero-order chi connectivity index (χ0) is 18.0. The highest BCUT2D eigenvalue weighted by Crippen LogP contribution is 2.16. The molecule has 0 atom stereocenters. The molecule has 0 amide bonds. The van der Waals surface area contributed by atoms with Gasteiger partial charge in [0.15, 0.2) is 5.84 Å². The lowest BCUT2D eigenvalue weighted by atomic mass is 10.2. The van der Waals surface area contributed by atoms with Crippen molar-refractivity contribution in [3.05, 3.63) is 56.3 Å². The molecule has 0 radical (unpaired) electrons. The maximum absolute atomic E-state index is 10.7. The highest BCUT2D eigenvalue weighted by molar-refractivity contribution is 7.71. The summed E-state index contributed by atoms with van der Waals surface area (Å²) in [6.07, 6.45) is 1.83. The zero-order valence-corrected chi connectivity index (χ0v) is 14.7. The molecular formula is C15H19N7O2S. The number of aromatic amines is 1. The second-order valence-electron chi connectivity index (χ2n) is 6.17. The second kappa shape index (κ2) is 7.03. The Hall–Kier alpha value is -2.72. The van der Waals surface area contributed by atoms with Gasteiger partial charge in [0.1, 0.15) is 4.64 Å². The maximum Gasteiger partial charge on any atom is 0.269 e. The fourth-order valence-electron chi connectivity index (χ4n) is 2.55. The van der Waals surface area contributed by atoms with Crippen molar-refractivity contribution in [2.75, 3.05) is 0 Å². The predicted octanol–water partition coefficient (Wildman–Crippen LogP) is 2.30. The van der Waals surface area contributed by atoms with Crippen molar-refractivity contribution in [3.8, 4) is 0 Å². The number of H-pyrrole nitrogens is 1. The smallest absolute Gasteiger partial charge is 0.269 e. The Morgan fingerprint density at radius 1 is 1.32 bits per heavy atom. The van der Waals surface area contributed by atoms with E-state index in [-0.39, 0.29) is 5.69 Å². The number of aromatic nitrogens is 2. The number of hydrazine groups is 2. The van der Waals surface area contributed by atoms with Crippen molar-refractivity contribution in [1.29, 1.82) is 0 Å². The number of hydrogen-bond donors (Lipinski definition) is 3. The number of nitro benzene ring substituents is 1. The molecule has 10 heteroatoms. The van der Waals surface area contributed by atoms with Gasteiger partial charge in [-0.3, -0.25) is 19.8 Å². The minimum absolute atomic E-state index is 0.0679. The van der Waals surface area contributed by atoms with Crippen LogP contribution in [-0.4, -0.2) is 25.5 Å². The van der Waals surface area contributed by atoms with Crippen LogP contribution in [0.5, 0.6) is 0 Å². The molecule has 0 spiro atoms. The van der Waals surface area contributed by atoms with Gasteiger partial charge in [-0.05, 0) is 11.5 Å². The van der Waals surface area contributed by atoms with Gasteiger partial charge >= 0.3 is 0 Å². The van der Waals surface area contributed by atoms with Crippen molar-refractivity contribution in [2.45, 2.75) is 26.9 Å². The molecule has 1 aromatic heterocycles. The monoisotopic (exact) mass is 361 g/mol. The molecule has 0 fully saturated rings. The van der Waals surface area contributed by atoms with Crippen molar-refractivity contribution >= 4 is 23.7 Å². The van der Waals surface area contributed by atoms with Crippen molar-refractivity contribution < 1.29 is 4.92 Å². The van der Waals surface area contributed by atoms with Crippen molar-refractivity contribution in [2.24, 2.45) is 11.0 Å². The van der Waals surface area contributed by atoms with E-state index in [1.165, 1.54) is 12.1 Å². The topological polar surface area (TPSA) is 104 Å². The number of nitrogens with one attached hydrogen (secondary N) is 3. The largest absolute Gasteiger partial charge is 0.304 e. The fraction of sp³-hybridized carbons (Fsp3) is 0.333. The molecule has 2 aromatic rings. The van der Waals surface area contributed by atoms with E-state index in [9.17, 15) is 10.1 Å². The van der Waals surface area contributed by atoms with Gasteiger partial charge in [0, 0.05) is 24.9 Å². The summed E-state index contributed by atoms with van der Waals surface area (Å²) in [6.45, 7) is 5.53. The van der Waals surface area contributed by atoms with E-state index < -0.39 is 4.92 Å². The number of amidine groups is 1. The molecule has 2 heterocycles. The van der Waals surface area contributed by atoms with E-state index in [0.717, 1.165) is 17.7 Å². The Bertz CT molecular complexity index is 854. The number of benzene rings is 1. The molecule has 0 saturated heterocycles. The Kier molecular flexibility index (Phi) is 4.81. The first-order valence-corrected chi connectivity index (χ1v) is 8.24. The van der Waals surface area contributed by atoms with Gasteiger partial charge < -0.3 is 5.10 Å². The van der Waals surface area contributed by atoms with Crippen LogP contribution in [0.1, 0.15) is 25.0 Å².